The number of benzene rings is 3. The van der Waals surface area contributed by atoms with Gasteiger partial charge in [0.2, 0.25) is 0 Å². The van der Waals surface area contributed by atoms with Gasteiger partial charge in [0.15, 0.2) is 5.78 Å². The number of aliphatic hydroxyl groups is 1. The third kappa shape index (κ3) is 4.93. The fourth-order valence-corrected chi connectivity index (χ4v) is 5.68. The third-order valence-electron chi connectivity index (χ3n) is 7.72. The Balaban J connectivity index is 1.21. The van der Waals surface area contributed by atoms with Crippen LogP contribution < -0.4 is 11.1 Å². The first-order valence-corrected chi connectivity index (χ1v) is 13.3. The van der Waals surface area contributed by atoms with Gasteiger partial charge in [0.05, 0.1) is 11.8 Å². The molecule has 3 heterocycles. The van der Waals surface area contributed by atoms with Crippen molar-refractivity contribution in [3.05, 3.63) is 107 Å². The summed E-state index contributed by atoms with van der Waals surface area (Å²) in [7, 11) is 0. The van der Waals surface area contributed by atoms with Crippen LogP contribution in [0.15, 0.2) is 79.1 Å². The molecule has 0 saturated carbocycles. The number of aromatic nitrogens is 2. The molecule has 1 unspecified atom stereocenters. The molecule has 38 heavy (non-hydrogen) atoms. The van der Waals surface area contributed by atoms with E-state index >= 15 is 0 Å². The highest BCUT2D eigenvalue weighted by Crippen LogP contribution is 2.30. The summed E-state index contributed by atoms with van der Waals surface area (Å²) in [5.74, 6) is 0.0767. The van der Waals surface area contributed by atoms with E-state index in [1.165, 1.54) is 11.1 Å². The van der Waals surface area contributed by atoms with Gasteiger partial charge in [-0.05, 0) is 46.4 Å². The third-order valence-corrected chi connectivity index (χ3v) is 7.72. The molecule has 2 atom stereocenters. The van der Waals surface area contributed by atoms with E-state index in [-0.39, 0.29) is 17.9 Å². The number of fused-ring (bicyclic) bond motifs is 1. The van der Waals surface area contributed by atoms with Gasteiger partial charge in [0, 0.05) is 50.9 Å². The molecule has 2 aliphatic rings. The molecule has 0 aliphatic carbocycles. The average Bonchev–Trinajstić information content (AvgIpc) is 3.53. The van der Waals surface area contributed by atoms with Crippen molar-refractivity contribution < 1.29 is 9.90 Å². The minimum atomic E-state index is -0.221. The molecule has 7 nitrogen and oxygen atoms in total. The van der Waals surface area contributed by atoms with Gasteiger partial charge < -0.3 is 16.2 Å². The zero-order valence-corrected chi connectivity index (χ0v) is 21.4. The highest BCUT2D eigenvalue weighted by Gasteiger charge is 2.28. The summed E-state index contributed by atoms with van der Waals surface area (Å²) in [6.45, 7) is 3.46. The first kappa shape index (κ1) is 24.7. The van der Waals surface area contributed by atoms with Crippen LogP contribution in [-0.2, 0) is 19.6 Å². The number of carbonyl (C=O) groups is 1. The van der Waals surface area contributed by atoms with Gasteiger partial charge in [-0.2, -0.15) is 0 Å². The fourth-order valence-electron chi connectivity index (χ4n) is 5.68. The summed E-state index contributed by atoms with van der Waals surface area (Å²) >= 11 is 0. The number of nitrogens with zero attached hydrogens (tertiary/aromatic N) is 3. The number of aliphatic hydroxyl groups excluding tert-OH is 1. The molecule has 2 aliphatic heterocycles. The summed E-state index contributed by atoms with van der Waals surface area (Å²) < 4.78 is 1.89. The number of nitrogens with two attached hydrogens (primary N) is 1. The number of ketones is 1. The van der Waals surface area contributed by atoms with Crippen molar-refractivity contribution in [3.63, 3.8) is 0 Å². The van der Waals surface area contributed by atoms with Gasteiger partial charge in [0.1, 0.15) is 12.0 Å². The van der Waals surface area contributed by atoms with Crippen molar-refractivity contribution in [1.82, 2.24) is 19.8 Å². The maximum atomic E-state index is 13.5. The molecule has 194 valence electrons. The second-order valence-corrected chi connectivity index (χ2v) is 10.3. The topological polar surface area (TPSA) is 96.4 Å². The van der Waals surface area contributed by atoms with Crippen LogP contribution in [0.1, 0.15) is 51.8 Å². The first-order valence-electron chi connectivity index (χ1n) is 13.3. The number of imidazole rings is 1. The van der Waals surface area contributed by atoms with Crippen LogP contribution in [0.3, 0.4) is 0 Å². The Morgan fingerprint density at radius 1 is 1.05 bits per heavy atom. The molecule has 0 amide bonds. The second-order valence-electron chi connectivity index (χ2n) is 10.3. The van der Waals surface area contributed by atoms with Gasteiger partial charge in [-0.25, -0.2) is 4.98 Å². The Bertz CT molecular complexity index is 1440. The predicted octanol–water partition coefficient (Wildman–Crippen LogP) is 3.98. The van der Waals surface area contributed by atoms with Crippen LogP contribution >= 0.6 is 0 Å². The number of nitrogens with one attached hydrogen (secondary N) is 1. The van der Waals surface area contributed by atoms with E-state index in [2.05, 4.69) is 63.7 Å². The first-order chi connectivity index (χ1) is 18.6. The molecule has 0 bridgehead atoms. The minimum absolute atomic E-state index is 0.0767. The van der Waals surface area contributed by atoms with Crippen molar-refractivity contribution in [3.8, 4) is 16.8 Å². The molecule has 4 N–H and O–H groups in total. The number of likely N-dealkylation sites (tertiary alicyclic amines) is 1. The maximum Gasteiger partial charge on any atom is 0.183 e. The number of hydrogen-bond donors (Lipinski definition) is 3. The lowest BCUT2D eigenvalue weighted by Gasteiger charge is -2.19. The van der Waals surface area contributed by atoms with Crippen molar-refractivity contribution in [2.75, 3.05) is 13.1 Å². The standard InChI is InChI=1S/C31H33N5O2/c32-16-21-4-3-6-25(14-21)36-20-34-29-17-33-28(15-30(38)31(29)36)23-10-8-22(9-11-23)27-7-2-1-5-24(27)18-35-13-12-26(37)19-35/h1-11,14,20,26,28,33,37H,12-13,15-19,32H2/t26-,28?/m0/s1. The number of rotatable bonds is 6. The monoisotopic (exact) mass is 507 g/mol. The van der Waals surface area contributed by atoms with E-state index < -0.39 is 0 Å². The van der Waals surface area contributed by atoms with Gasteiger partial charge in [0.25, 0.3) is 0 Å². The van der Waals surface area contributed by atoms with E-state index in [1.807, 2.05) is 28.8 Å². The lowest BCUT2D eigenvalue weighted by molar-refractivity contribution is 0.0966. The zero-order chi connectivity index (χ0) is 26.1. The summed E-state index contributed by atoms with van der Waals surface area (Å²) in [6, 6.07) is 24.9. The summed E-state index contributed by atoms with van der Waals surface area (Å²) in [4.78, 5) is 20.3. The van der Waals surface area contributed by atoms with E-state index in [9.17, 15) is 9.90 Å². The Morgan fingerprint density at radius 3 is 2.68 bits per heavy atom. The van der Waals surface area contributed by atoms with E-state index in [0.717, 1.165) is 54.1 Å². The Kier molecular flexibility index (Phi) is 6.91. The summed E-state index contributed by atoms with van der Waals surface area (Å²) in [6.07, 6.45) is 2.71. The second kappa shape index (κ2) is 10.6. The fraction of sp³-hybridized carbons (Fsp3) is 0.290. The van der Waals surface area contributed by atoms with E-state index in [4.69, 9.17) is 5.73 Å². The molecule has 1 saturated heterocycles. The molecule has 1 aromatic heterocycles. The normalized spacial score (nSPS) is 19.9. The molecular formula is C31H33N5O2. The molecule has 0 radical (unpaired) electrons. The van der Waals surface area contributed by atoms with Gasteiger partial charge in [-0.3, -0.25) is 14.3 Å². The predicted molar refractivity (Wildman–Crippen MR) is 148 cm³/mol. The van der Waals surface area contributed by atoms with Gasteiger partial charge in [-0.1, -0.05) is 60.7 Å². The summed E-state index contributed by atoms with van der Waals surface area (Å²) in [5.41, 5.74) is 13.9. The van der Waals surface area contributed by atoms with Crippen molar-refractivity contribution in [2.45, 2.75) is 44.6 Å². The number of β-amino-alcohol motifs (C(OH)–C–C–N with tert-alkyl or cyclic N) is 1. The number of hydrogen-bond acceptors (Lipinski definition) is 6. The van der Waals surface area contributed by atoms with Crippen LogP contribution in [-0.4, -0.2) is 44.5 Å². The Labute approximate surface area is 222 Å². The Morgan fingerprint density at radius 2 is 1.89 bits per heavy atom. The van der Waals surface area contributed by atoms with Crippen molar-refractivity contribution in [2.24, 2.45) is 5.73 Å². The molecule has 3 aromatic carbocycles. The lowest BCUT2D eigenvalue weighted by atomic mass is 9.95. The van der Waals surface area contributed by atoms with E-state index in [0.29, 0.717) is 25.2 Å². The maximum absolute atomic E-state index is 13.5. The number of Topliss-reactive ketones (excluding diaryl/α,β-unsaturated/α-hetero) is 1. The lowest BCUT2D eigenvalue weighted by Crippen LogP contribution is -2.21. The summed E-state index contributed by atoms with van der Waals surface area (Å²) in [5, 5.41) is 13.5. The minimum Gasteiger partial charge on any atom is -0.392 e. The Hall–Kier alpha value is -3.62. The van der Waals surface area contributed by atoms with Crippen LogP contribution in [0, 0.1) is 0 Å². The van der Waals surface area contributed by atoms with Crippen LogP contribution in [0.25, 0.3) is 16.8 Å². The molecule has 0 spiro atoms. The van der Waals surface area contributed by atoms with Gasteiger partial charge in [-0.15, -0.1) is 0 Å². The molecule has 6 rings (SSSR count). The quantitative estimate of drug-likeness (QED) is 0.365. The molecular weight excluding hydrogens is 474 g/mol. The number of carbonyl (C=O) groups excluding carboxylic acids is 1. The SMILES string of the molecule is NCc1cccc(-n2cnc3c2C(=O)CC(c2ccc(-c4ccccc4CN4CC[C@H](O)C4)cc2)NC3)c1. The van der Waals surface area contributed by atoms with Crippen LogP contribution in [0.2, 0.25) is 0 Å². The van der Waals surface area contributed by atoms with Gasteiger partial charge >= 0.3 is 0 Å². The highest BCUT2D eigenvalue weighted by molar-refractivity contribution is 5.97. The van der Waals surface area contributed by atoms with Crippen molar-refractivity contribution >= 4 is 5.78 Å². The largest absolute Gasteiger partial charge is 0.392 e. The molecule has 4 aromatic rings. The van der Waals surface area contributed by atoms with E-state index in [1.54, 1.807) is 6.33 Å². The van der Waals surface area contributed by atoms with Crippen molar-refractivity contribution in [1.29, 1.82) is 0 Å². The van der Waals surface area contributed by atoms with Crippen LogP contribution in [0.4, 0.5) is 0 Å². The smallest absolute Gasteiger partial charge is 0.183 e. The molecule has 7 heteroatoms. The highest BCUT2D eigenvalue weighted by atomic mass is 16.3. The molecule has 1 fully saturated rings. The van der Waals surface area contributed by atoms with Crippen LogP contribution in [0.5, 0.6) is 0 Å². The zero-order valence-electron chi connectivity index (χ0n) is 21.4. The average molecular weight is 508 g/mol.